The van der Waals surface area contributed by atoms with Crippen molar-refractivity contribution in [2.24, 2.45) is 0 Å². The molecular formula is C16H21ClN2S. The Bertz CT molecular complexity index is 539. The van der Waals surface area contributed by atoms with E-state index in [9.17, 15) is 0 Å². The first-order valence-electron chi connectivity index (χ1n) is 7.09. The second-order valence-corrected chi connectivity index (χ2v) is 5.93. The second kappa shape index (κ2) is 7.77. The molecule has 0 spiro atoms. The van der Waals surface area contributed by atoms with Crippen molar-refractivity contribution in [3.05, 3.63) is 40.9 Å². The van der Waals surface area contributed by atoms with Gasteiger partial charge in [0.25, 0.3) is 0 Å². The van der Waals surface area contributed by atoms with E-state index >= 15 is 0 Å². The summed E-state index contributed by atoms with van der Waals surface area (Å²) in [4.78, 5) is 7.07. The van der Waals surface area contributed by atoms with Crippen LogP contribution >= 0.6 is 22.9 Å². The fraction of sp³-hybridized carbons (Fsp3) is 0.438. The molecule has 1 heterocycles. The highest BCUT2D eigenvalue weighted by Gasteiger charge is 2.11. The van der Waals surface area contributed by atoms with E-state index in [0.29, 0.717) is 5.88 Å². The van der Waals surface area contributed by atoms with Crippen molar-refractivity contribution in [3.8, 4) is 10.6 Å². The highest BCUT2D eigenvalue weighted by Crippen LogP contribution is 2.28. The predicted octanol–water partition coefficient (Wildman–Crippen LogP) is 4.78. The SMILES string of the molecule is CCCN(CC)Cc1ccccc1-c1nc(CCl)cs1. The van der Waals surface area contributed by atoms with E-state index < -0.39 is 0 Å². The van der Waals surface area contributed by atoms with Crippen LogP contribution in [0.4, 0.5) is 0 Å². The van der Waals surface area contributed by atoms with Crippen LogP contribution in [-0.2, 0) is 12.4 Å². The highest BCUT2D eigenvalue weighted by atomic mass is 35.5. The molecule has 0 bridgehead atoms. The summed E-state index contributed by atoms with van der Waals surface area (Å²) in [5.74, 6) is 0.482. The Morgan fingerprint density at radius 1 is 1.25 bits per heavy atom. The van der Waals surface area contributed by atoms with Gasteiger partial charge in [0.05, 0.1) is 11.6 Å². The third kappa shape index (κ3) is 3.81. The summed E-state index contributed by atoms with van der Waals surface area (Å²) in [5, 5.41) is 3.12. The molecule has 0 fully saturated rings. The van der Waals surface area contributed by atoms with Crippen LogP contribution in [0.1, 0.15) is 31.5 Å². The van der Waals surface area contributed by atoms with Gasteiger partial charge in [-0.25, -0.2) is 4.98 Å². The summed E-state index contributed by atoms with van der Waals surface area (Å²) in [7, 11) is 0. The molecule has 4 heteroatoms. The molecule has 0 aliphatic carbocycles. The number of hydrogen-bond acceptors (Lipinski definition) is 3. The lowest BCUT2D eigenvalue weighted by Gasteiger charge is -2.20. The quantitative estimate of drug-likeness (QED) is 0.684. The van der Waals surface area contributed by atoms with Crippen LogP contribution in [-0.4, -0.2) is 23.0 Å². The fourth-order valence-electron chi connectivity index (χ4n) is 2.26. The van der Waals surface area contributed by atoms with E-state index in [1.807, 2.05) is 5.38 Å². The van der Waals surface area contributed by atoms with Crippen molar-refractivity contribution < 1.29 is 0 Å². The zero-order valence-corrected chi connectivity index (χ0v) is 13.7. The van der Waals surface area contributed by atoms with E-state index in [1.165, 1.54) is 17.5 Å². The molecule has 0 saturated heterocycles. The smallest absolute Gasteiger partial charge is 0.123 e. The van der Waals surface area contributed by atoms with E-state index in [2.05, 4.69) is 48.0 Å². The van der Waals surface area contributed by atoms with Crippen molar-refractivity contribution in [2.75, 3.05) is 13.1 Å². The molecule has 108 valence electrons. The van der Waals surface area contributed by atoms with Crippen LogP contribution in [0.25, 0.3) is 10.6 Å². The summed E-state index contributed by atoms with van der Waals surface area (Å²) in [6, 6.07) is 8.55. The van der Waals surface area contributed by atoms with Crippen LogP contribution in [0, 0.1) is 0 Å². The monoisotopic (exact) mass is 308 g/mol. The first-order chi connectivity index (χ1) is 9.78. The van der Waals surface area contributed by atoms with Gasteiger partial charge in [0, 0.05) is 17.5 Å². The summed E-state index contributed by atoms with van der Waals surface area (Å²) in [6.45, 7) is 7.63. The molecule has 0 aliphatic rings. The molecule has 0 atom stereocenters. The topological polar surface area (TPSA) is 16.1 Å². The van der Waals surface area contributed by atoms with Gasteiger partial charge in [-0.05, 0) is 25.1 Å². The Balaban J connectivity index is 2.25. The first kappa shape index (κ1) is 15.5. The second-order valence-electron chi connectivity index (χ2n) is 4.80. The lowest BCUT2D eigenvalue weighted by Crippen LogP contribution is -2.23. The normalized spacial score (nSPS) is 11.2. The molecule has 0 N–H and O–H groups in total. The molecule has 0 amide bonds. The average molecular weight is 309 g/mol. The number of rotatable bonds is 7. The van der Waals surface area contributed by atoms with Gasteiger partial charge >= 0.3 is 0 Å². The summed E-state index contributed by atoms with van der Waals surface area (Å²) in [6.07, 6.45) is 1.18. The van der Waals surface area contributed by atoms with Crippen LogP contribution in [0.3, 0.4) is 0 Å². The highest BCUT2D eigenvalue weighted by molar-refractivity contribution is 7.13. The van der Waals surface area contributed by atoms with Gasteiger partial charge in [-0.2, -0.15) is 0 Å². The molecule has 0 aliphatic heterocycles. The Hall–Kier alpha value is -0.900. The van der Waals surface area contributed by atoms with Crippen molar-refractivity contribution in [1.82, 2.24) is 9.88 Å². The lowest BCUT2D eigenvalue weighted by atomic mass is 10.1. The van der Waals surface area contributed by atoms with Crippen LogP contribution < -0.4 is 0 Å². The minimum atomic E-state index is 0.482. The van der Waals surface area contributed by atoms with Gasteiger partial charge in [-0.3, -0.25) is 4.90 Å². The van der Waals surface area contributed by atoms with Crippen molar-refractivity contribution in [3.63, 3.8) is 0 Å². The van der Waals surface area contributed by atoms with Gasteiger partial charge < -0.3 is 0 Å². The van der Waals surface area contributed by atoms with Crippen LogP contribution in [0.15, 0.2) is 29.6 Å². The van der Waals surface area contributed by atoms with Gasteiger partial charge in [0.15, 0.2) is 0 Å². The van der Waals surface area contributed by atoms with Crippen molar-refractivity contribution in [1.29, 1.82) is 0 Å². The molecule has 1 aromatic heterocycles. The largest absolute Gasteiger partial charge is 0.299 e. The van der Waals surface area contributed by atoms with E-state index in [0.717, 1.165) is 30.3 Å². The predicted molar refractivity (Wildman–Crippen MR) is 88.3 cm³/mol. The molecule has 0 saturated carbocycles. The number of nitrogens with zero attached hydrogens (tertiary/aromatic N) is 2. The van der Waals surface area contributed by atoms with E-state index in [-0.39, 0.29) is 0 Å². The number of benzene rings is 1. The molecule has 0 unspecified atom stereocenters. The van der Waals surface area contributed by atoms with Gasteiger partial charge in [-0.1, -0.05) is 38.1 Å². The first-order valence-corrected chi connectivity index (χ1v) is 8.50. The summed E-state index contributed by atoms with van der Waals surface area (Å²) < 4.78 is 0. The number of thiazole rings is 1. The minimum Gasteiger partial charge on any atom is -0.299 e. The maximum atomic E-state index is 5.85. The standard InChI is InChI=1S/C16H21ClN2S/c1-3-9-19(4-2)11-13-7-5-6-8-15(13)16-18-14(10-17)12-20-16/h5-8,12H,3-4,9-11H2,1-2H3. The molecule has 20 heavy (non-hydrogen) atoms. The molecule has 2 rings (SSSR count). The molecule has 0 radical (unpaired) electrons. The Morgan fingerprint density at radius 3 is 2.70 bits per heavy atom. The van der Waals surface area contributed by atoms with E-state index in [4.69, 9.17) is 11.6 Å². The minimum absolute atomic E-state index is 0.482. The number of aromatic nitrogens is 1. The van der Waals surface area contributed by atoms with Gasteiger partial charge in [0.2, 0.25) is 0 Å². The van der Waals surface area contributed by atoms with Crippen molar-refractivity contribution >= 4 is 22.9 Å². The molecule has 2 aromatic rings. The van der Waals surface area contributed by atoms with E-state index in [1.54, 1.807) is 11.3 Å². The molecule has 2 nitrogen and oxygen atoms in total. The average Bonchev–Trinajstić information content (AvgIpc) is 2.96. The zero-order chi connectivity index (χ0) is 14.4. The Kier molecular flexibility index (Phi) is 6.02. The maximum absolute atomic E-state index is 5.85. The number of halogens is 1. The lowest BCUT2D eigenvalue weighted by molar-refractivity contribution is 0.281. The third-order valence-corrected chi connectivity index (χ3v) is 4.52. The maximum Gasteiger partial charge on any atom is 0.123 e. The summed E-state index contributed by atoms with van der Waals surface area (Å²) >= 11 is 7.53. The van der Waals surface area contributed by atoms with Crippen LogP contribution in [0.2, 0.25) is 0 Å². The Labute approximate surface area is 130 Å². The zero-order valence-electron chi connectivity index (χ0n) is 12.1. The third-order valence-electron chi connectivity index (χ3n) is 3.32. The van der Waals surface area contributed by atoms with Crippen LogP contribution in [0.5, 0.6) is 0 Å². The summed E-state index contributed by atoms with van der Waals surface area (Å²) in [5.41, 5.74) is 3.55. The Morgan fingerprint density at radius 2 is 2.05 bits per heavy atom. The molecule has 1 aromatic carbocycles. The van der Waals surface area contributed by atoms with Gasteiger partial charge in [0.1, 0.15) is 5.01 Å². The molecular weight excluding hydrogens is 288 g/mol. The van der Waals surface area contributed by atoms with Gasteiger partial charge in [-0.15, -0.1) is 22.9 Å². The number of hydrogen-bond donors (Lipinski definition) is 0. The fourth-order valence-corrected chi connectivity index (χ4v) is 3.37. The number of alkyl halides is 1. The van der Waals surface area contributed by atoms with Crippen molar-refractivity contribution in [2.45, 2.75) is 32.7 Å².